The van der Waals surface area contributed by atoms with E-state index in [0.29, 0.717) is 18.2 Å². The molecule has 7 heteroatoms. The van der Waals surface area contributed by atoms with Gasteiger partial charge >= 0.3 is 6.03 Å². The largest absolute Gasteiger partial charge is 0.338 e. The van der Waals surface area contributed by atoms with Gasteiger partial charge < -0.3 is 15.0 Å². The Balaban J connectivity index is 1.30. The van der Waals surface area contributed by atoms with Crippen LogP contribution in [0.1, 0.15) is 24.1 Å². The topological polar surface area (TPSA) is 61.7 Å². The van der Waals surface area contributed by atoms with Gasteiger partial charge in [0.15, 0.2) is 0 Å². The highest BCUT2D eigenvalue weighted by atomic mass is 19.1. The molecule has 1 unspecified atom stereocenters. The van der Waals surface area contributed by atoms with Crippen molar-refractivity contribution in [3.05, 3.63) is 65.9 Å². The predicted octanol–water partition coefficient (Wildman–Crippen LogP) is 3.82. The molecule has 3 heterocycles. The summed E-state index contributed by atoms with van der Waals surface area (Å²) in [5.41, 5.74) is 3.81. The number of nitrogens with one attached hydrogen (secondary N) is 2. The maximum absolute atomic E-state index is 13.2. The van der Waals surface area contributed by atoms with Crippen LogP contribution < -0.4 is 10.6 Å². The molecule has 152 valence electrons. The highest BCUT2D eigenvalue weighted by Crippen LogP contribution is 2.19. The second kappa shape index (κ2) is 8.61. The number of halogens is 1. The number of nitrogens with zero attached hydrogens (tertiary/aromatic N) is 3. The van der Waals surface area contributed by atoms with E-state index in [1.807, 2.05) is 12.3 Å². The minimum atomic E-state index is -0.367. The van der Waals surface area contributed by atoms with Gasteiger partial charge in [-0.2, -0.15) is 0 Å². The second-order valence-corrected chi connectivity index (χ2v) is 7.77. The first-order valence-corrected chi connectivity index (χ1v) is 10.0. The molecule has 0 aliphatic carbocycles. The maximum Gasteiger partial charge on any atom is 0.319 e. The molecule has 0 radical (unpaired) electrons. The van der Waals surface area contributed by atoms with Gasteiger partial charge in [-0.15, -0.1) is 0 Å². The molecule has 0 saturated carbocycles. The number of aryl methyl sites for hydroxylation is 1. The summed E-state index contributed by atoms with van der Waals surface area (Å²) in [6.45, 7) is 5.51. The Hall–Kier alpha value is -2.93. The number of anilines is 1. The fourth-order valence-corrected chi connectivity index (χ4v) is 3.92. The molecule has 0 bridgehead atoms. The molecule has 1 atom stereocenters. The van der Waals surface area contributed by atoms with Crippen molar-refractivity contribution in [2.75, 3.05) is 25.0 Å². The van der Waals surface area contributed by atoms with Gasteiger partial charge in [0.2, 0.25) is 0 Å². The van der Waals surface area contributed by atoms with Crippen LogP contribution in [0.5, 0.6) is 0 Å². The van der Waals surface area contributed by atoms with E-state index in [9.17, 15) is 9.18 Å². The zero-order valence-electron chi connectivity index (χ0n) is 16.6. The molecule has 1 saturated heterocycles. The average Bonchev–Trinajstić information content (AvgIpc) is 3.09. The first-order valence-electron chi connectivity index (χ1n) is 10.0. The maximum atomic E-state index is 13.2. The number of hydrogen-bond donors (Lipinski definition) is 2. The third-order valence-electron chi connectivity index (χ3n) is 5.35. The van der Waals surface area contributed by atoms with E-state index in [1.165, 1.54) is 23.4 Å². The molecular formula is C22H26FN5O. The average molecular weight is 395 g/mol. The lowest BCUT2D eigenvalue weighted by Crippen LogP contribution is -2.41. The van der Waals surface area contributed by atoms with Crippen molar-refractivity contribution in [1.29, 1.82) is 0 Å². The smallest absolute Gasteiger partial charge is 0.319 e. The summed E-state index contributed by atoms with van der Waals surface area (Å²) in [6.07, 6.45) is 6.26. The SMILES string of the molecule is Cc1ccc2ncc(CN3CCCC(CNC(=O)Nc4cccc(F)c4)C3)n2c1. The van der Waals surface area contributed by atoms with Gasteiger partial charge in [0.25, 0.3) is 0 Å². The quantitative estimate of drug-likeness (QED) is 0.691. The van der Waals surface area contributed by atoms with Crippen LogP contribution in [0.4, 0.5) is 14.9 Å². The summed E-state index contributed by atoms with van der Waals surface area (Å²) in [7, 11) is 0. The van der Waals surface area contributed by atoms with Crippen molar-refractivity contribution < 1.29 is 9.18 Å². The Morgan fingerprint density at radius 1 is 1.31 bits per heavy atom. The van der Waals surface area contributed by atoms with Crippen LogP contribution in [0.2, 0.25) is 0 Å². The van der Waals surface area contributed by atoms with Gasteiger partial charge in [-0.25, -0.2) is 14.2 Å². The lowest BCUT2D eigenvalue weighted by atomic mass is 9.98. The molecule has 3 aromatic rings. The zero-order chi connectivity index (χ0) is 20.2. The summed E-state index contributed by atoms with van der Waals surface area (Å²) in [5.74, 6) is 0.0243. The number of aromatic nitrogens is 2. The van der Waals surface area contributed by atoms with Crippen LogP contribution >= 0.6 is 0 Å². The molecule has 4 rings (SSSR count). The molecule has 1 aromatic carbocycles. The van der Waals surface area contributed by atoms with Crippen LogP contribution in [0.15, 0.2) is 48.8 Å². The molecular weight excluding hydrogens is 369 g/mol. The Labute approximate surface area is 169 Å². The van der Waals surface area contributed by atoms with Crippen LogP contribution in [0.25, 0.3) is 5.65 Å². The summed E-state index contributed by atoms with van der Waals surface area (Å²) in [4.78, 5) is 19.0. The van der Waals surface area contributed by atoms with Gasteiger partial charge in [-0.1, -0.05) is 12.1 Å². The Kier molecular flexibility index (Phi) is 5.76. The van der Waals surface area contributed by atoms with Crippen molar-refractivity contribution in [3.63, 3.8) is 0 Å². The van der Waals surface area contributed by atoms with Crippen LogP contribution in [-0.2, 0) is 6.54 Å². The monoisotopic (exact) mass is 395 g/mol. The van der Waals surface area contributed by atoms with Gasteiger partial charge in [0.1, 0.15) is 11.5 Å². The third kappa shape index (κ3) is 4.92. The number of carbonyl (C=O) groups excluding carboxylic acids is 1. The Morgan fingerprint density at radius 2 is 2.21 bits per heavy atom. The lowest BCUT2D eigenvalue weighted by Gasteiger charge is -2.32. The predicted molar refractivity (Wildman–Crippen MR) is 111 cm³/mol. The van der Waals surface area contributed by atoms with Gasteiger partial charge in [-0.3, -0.25) is 4.90 Å². The van der Waals surface area contributed by atoms with Crippen LogP contribution in [0.3, 0.4) is 0 Å². The summed E-state index contributed by atoms with van der Waals surface area (Å²) in [5, 5.41) is 5.60. The van der Waals surface area contributed by atoms with Crippen molar-refractivity contribution in [2.24, 2.45) is 5.92 Å². The van der Waals surface area contributed by atoms with E-state index in [-0.39, 0.29) is 11.8 Å². The van der Waals surface area contributed by atoms with Crippen molar-refractivity contribution >= 4 is 17.4 Å². The van der Waals surface area contributed by atoms with E-state index in [1.54, 1.807) is 12.1 Å². The molecule has 2 aromatic heterocycles. The zero-order valence-corrected chi connectivity index (χ0v) is 16.6. The lowest BCUT2D eigenvalue weighted by molar-refractivity contribution is 0.164. The third-order valence-corrected chi connectivity index (χ3v) is 5.35. The van der Waals surface area contributed by atoms with Crippen molar-refractivity contribution in [1.82, 2.24) is 19.6 Å². The molecule has 1 aliphatic rings. The Bertz CT molecular complexity index is 1000. The molecule has 1 aliphatic heterocycles. The molecule has 2 N–H and O–H groups in total. The van der Waals surface area contributed by atoms with E-state index in [0.717, 1.165) is 38.1 Å². The van der Waals surface area contributed by atoms with E-state index < -0.39 is 0 Å². The Morgan fingerprint density at radius 3 is 3.07 bits per heavy atom. The van der Waals surface area contributed by atoms with Crippen molar-refractivity contribution in [3.8, 4) is 0 Å². The highest BCUT2D eigenvalue weighted by molar-refractivity contribution is 5.89. The molecule has 2 amide bonds. The van der Waals surface area contributed by atoms with E-state index >= 15 is 0 Å². The number of pyridine rings is 1. The first-order chi connectivity index (χ1) is 14.1. The number of hydrogen-bond acceptors (Lipinski definition) is 3. The number of benzene rings is 1. The van der Waals surface area contributed by atoms with Crippen molar-refractivity contribution in [2.45, 2.75) is 26.3 Å². The minimum absolute atomic E-state index is 0.301. The number of urea groups is 1. The number of carbonyl (C=O) groups is 1. The number of fused-ring (bicyclic) bond motifs is 1. The fraction of sp³-hybridized carbons (Fsp3) is 0.364. The summed E-state index contributed by atoms with van der Waals surface area (Å²) < 4.78 is 15.4. The molecule has 0 spiro atoms. The number of amides is 2. The number of rotatable bonds is 5. The van der Waals surface area contributed by atoms with Gasteiger partial charge in [0, 0.05) is 31.5 Å². The second-order valence-electron chi connectivity index (χ2n) is 7.77. The van der Waals surface area contributed by atoms with Gasteiger partial charge in [0.05, 0.1) is 11.9 Å². The summed E-state index contributed by atoms with van der Waals surface area (Å²) in [6, 6.07) is 9.71. The van der Waals surface area contributed by atoms with Crippen LogP contribution in [0, 0.1) is 18.7 Å². The fourth-order valence-electron chi connectivity index (χ4n) is 3.92. The number of imidazole rings is 1. The van der Waals surface area contributed by atoms with Crippen LogP contribution in [-0.4, -0.2) is 39.9 Å². The highest BCUT2D eigenvalue weighted by Gasteiger charge is 2.21. The summed E-state index contributed by atoms with van der Waals surface area (Å²) >= 11 is 0. The van der Waals surface area contributed by atoms with E-state index in [4.69, 9.17) is 0 Å². The normalized spacial score (nSPS) is 17.4. The standard InChI is InChI=1S/C22H26FN5O/c1-16-7-8-21-24-12-20(28(21)13-16)15-27-9-3-4-17(14-27)11-25-22(29)26-19-6-2-5-18(23)10-19/h2,5-8,10,12-13,17H,3-4,9,11,14-15H2,1H3,(H2,25,26,29). The molecule has 1 fully saturated rings. The first kappa shape index (κ1) is 19.4. The molecule has 6 nitrogen and oxygen atoms in total. The van der Waals surface area contributed by atoms with E-state index in [2.05, 4.69) is 44.1 Å². The minimum Gasteiger partial charge on any atom is -0.338 e. The van der Waals surface area contributed by atoms with Gasteiger partial charge in [-0.05, 0) is 62.1 Å². The number of piperidine rings is 1. The molecule has 29 heavy (non-hydrogen) atoms. The number of likely N-dealkylation sites (tertiary alicyclic amines) is 1.